The van der Waals surface area contributed by atoms with Gasteiger partial charge in [0, 0.05) is 36.1 Å². The van der Waals surface area contributed by atoms with Gasteiger partial charge < -0.3 is 10.6 Å². The third-order valence-corrected chi connectivity index (χ3v) is 6.39. The first-order valence-electron chi connectivity index (χ1n) is 10.3. The molecule has 3 aromatic heterocycles. The van der Waals surface area contributed by atoms with E-state index in [0.29, 0.717) is 38.8 Å². The number of anilines is 2. The van der Waals surface area contributed by atoms with Crippen molar-refractivity contribution < 1.29 is 4.79 Å². The van der Waals surface area contributed by atoms with Crippen molar-refractivity contribution in [3.8, 4) is 0 Å². The number of hydrogen-bond acceptors (Lipinski definition) is 7. The van der Waals surface area contributed by atoms with Crippen molar-refractivity contribution in [2.24, 2.45) is 7.05 Å². The third kappa shape index (κ3) is 3.85. The molecule has 0 bridgehead atoms. The summed E-state index contributed by atoms with van der Waals surface area (Å²) in [5.74, 6) is -0.185. The van der Waals surface area contributed by atoms with E-state index in [1.165, 1.54) is 15.9 Å². The lowest BCUT2D eigenvalue weighted by Crippen LogP contribution is -2.23. The van der Waals surface area contributed by atoms with Gasteiger partial charge in [0.25, 0.3) is 11.5 Å². The number of amides is 1. The minimum atomic E-state index is -0.214. The molecule has 0 aliphatic rings. The van der Waals surface area contributed by atoms with Gasteiger partial charge in [-0.15, -0.1) is 5.10 Å². The fraction of sp³-hybridized carbons (Fsp3) is 0.174. The van der Waals surface area contributed by atoms with Crippen molar-refractivity contribution >= 4 is 43.9 Å². The molecule has 3 heterocycles. The van der Waals surface area contributed by atoms with Gasteiger partial charge >= 0.3 is 0 Å². The molecule has 0 atom stereocenters. The van der Waals surface area contributed by atoms with E-state index in [0.717, 1.165) is 17.0 Å². The Hall–Kier alpha value is -4.05. The second-order valence-corrected chi connectivity index (χ2v) is 8.65. The topological polar surface area (TPSA) is 106 Å². The summed E-state index contributed by atoms with van der Waals surface area (Å²) >= 11 is 1.27. The van der Waals surface area contributed by atoms with Crippen LogP contribution in [-0.2, 0) is 13.6 Å². The minimum Gasteiger partial charge on any atom is -0.348 e. The lowest BCUT2D eigenvalue weighted by Gasteiger charge is -2.08. The second-order valence-electron chi connectivity index (χ2n) is 7.70. The molecule has 0 saturated heterocycles. The van der Waals surface area contributed by atoms with Crippen LogP contribution in [0.5, 0.6) is 0 Å². The van der Waals surface area contributed by atoms with Crippen molar-refractivity contribution in [3.63, 3.8) is 0 Å². The maximum Gasteiger partial charge on any atom is 0.283 e. The number of para-hydroxylation sites is 1. The van der Waals surface area contributed by atoms with Crippen LogP contribution in [0.2, 0.25) is 0 Å². The predicted octanol–water partition coefficient (Wildman–Crippen LogP) is 3.33. The van der Waals surface area contributed by atoms with Crippen molar-refractivity contribution in [1.82, 2.24) is 29.7 Å². The van der Waals surface area contributed by atoms with Gasteiger partial charge in [0.15, 0.2) is 0 Å². The van der Waals surface area contributed by atoms with Crippen molar-refractivity contribution in [2.75, 3.05) is 5.32 Å². The monoisotopic (exact) mass is 459 g/mol. The highest BCUT2D eigenvalue weighted by Gasteiger charge is 2.14. The van der Waals surface area contributed by atoms with Gasteiger partial charge in [0.05, 0.1) is 16.6 Å². The molecule has 2 N–H and O–H groups in total. The lowest BCUT2D eigenvalue weighted by molar-refractivity contribution is 0.0951. The summed E-state index contributed by atoms with van der Waals surface area (Å²) < 4.78 is 3.10. The van der Waals surface area contributed by atoms with Gasteiger partial charge in [-0.2, -0.15) is 9.61 Å². The number of aryl methyl sites for hydroxylation is 2. The SMILES string of the molecule is Cc1nn(C)c(C)c1CNC(=O)c1cccc(Nc2nn3c(=O)c4ccccc4nc3s2)c1. The van der Waals surface area contributed by atoms with E-state index in [2.05, 4.69) is 25.8 Å². The smallest absolute Gasteiger partial charge is 0.283 e. The Morgan fingerprint density at radius 1 is 1.09 bits per heavy atom. The largest absolute Gasteiger partial charge is 0.348 e. The number of carbonyl (C=O) groups excluding carboxylic acids is 1. The average molecular weight is 460 g/mol. The molecule has 10 heteroatoms. The number of hydrogen-bond donors (Lipinski definition) is 2. The van der Waals surface area contributed by atoms with E-state index in [1.54, 1.807) is 36.4 Å². The summed E-state index contributed by atoms with van der Waals surface area (Å²) in [7, 11) is 1.89. The van der Waals surface area contributed by atoms with Crippen LogP contribution in [0.25, 0.3) is 15.9 Å². The van der Waals surface area contributed by atoms with E-state index < -0.39 is 0 Å². The molecule has 9 nitrogen and oxygen atoms in total. The summed E-state index contributed by atoms with van der Waals surface area (Å²) in [4.78, 5) is 30.5. The number of rotatable bonds is 5. The standard InChI is InChI=1S/C23H21N7O2S/c1-13-18(14(2)29(3)27-13)12-24-20(31)15-7-6-8-16(11-15)25-22-28-30-21(32)17-9-4-5-10-19(17)26-23(30)33-22/h4-11H,12H2,1-3H3,(H,24,31)(H,25,28). The lowest BCUT2D eigenvalue weighted by atomic mass is 10.1. The molecule has 0 saturated carbocycles. The first kappa shape index (κ1) is 20.8. The van der Waals surface area contributed by atoms with Crippen LogP contribution in [0.3, 0.4) is 0 Å². The first-order chi connectivity index (χ1) is 15.9. The molecule has 5 rings (SSSR count). The number of benzene rings is 2. The summed E-state index contributed by atoms with van der Waals surface area (Å²) in [6, 6.07) is 14.3. The zero-order valence-corrected chi connectivity index (χ0v) is 19.1. The van der Waals surface area contributed by atoms with Gasteiger partial charge in [0.2, 0.25) is 10.1 Å². The number of aromatic nitrogens is 5. The Morgan fingerprint density at radius 3 is 2.70 bits per heavy atom. The molecular weight excluding hydrogens is 438 g/mol. The maximum absolute atomic E-state index is 12.7. The molecule has 1 amide bonds. The van der Waals surface area contributed by atoms with Crippen LogP contribution in [0.4, 0.5) is 10.8 Å². The van der Waals surface area contributed by atoms with Gasteiger partial charge in [-0.05, 0) is 44.2 Å². The van der Waals surface area contributed by atoms with E-state index in [-0.39, 0.29) is 11.5 Å². The summed E-state index contributed by atoms with van der Waals surface area (Å²) in [5, 5.41) is 15.9. The van der Waals surface area contributed by atoms with Crippen molar-refractivity contribution in [2.45, 2.75) is 20.4 Å². The normalized spacial score (nSPS) is 11.2. The van der Waals surface area contributed by atoms with Crippen molar-refractivity contribution in [1.29, 1.82) is 0 Å². The predicted molar refractivity (Wildman–Crippen MR) is 128 cm³/mol. The van der Waals surface area contributed by atoms with E-state index in [9.17, 15) is 9.59 Å². The second kappa shape index (κ2) is 8.14. The molecule has 0 spiro atoms. The van der Waals surface area contributed by atoms with Gasteiger partial charge in [-0.3, -0.25) is 14.3 Å². The quantitative estimate of drug-likeness (QED) is 0.418. The Balaban J connectivity index is 1.36. The molecule has 0 radical (unpaired) electrons. The number of fused-ring (bicyclic) bond motifs is 2. The number of carbonyl (C=O) groups is 1. The van der Waals surface area contributed by atoms with Crippen LogP contribution in [0.15, 0.2) is 53.3 Å². The minimum absolute atomic E-state index is 0.185. The zero-order chi connectivity index (χ0) is 23.1. The van der Waals surface area contributed by atoms with Gasteiger partial charge in [-0.1, -0.05) is 29.5 Å². The number of nitrogens with zero attached hydrogens (tertiary/aromatic N) is 5. The van der Waals surface area contributed by atoms with E-state index in [1.807, 2.05) is 37.7 Å². The Bertz CT molecular complexity index is 1580. The molecule has 5 aromatic rings. The van der Waals surface area contributed by atoms with Gasteiger partial charge in [-0.25, -0.2) is 4.98 Å². The fourth-order valence-electron chi connectivity index (χ4n) is 3.71. The molecule has 2 aromatic carbocycles. The molecule has 33 heavy (non-hydrogen) atoms. The molecule has 0 aliphatic heterocycles. The average Bonchev–Trinajstić information content (AvgIpc) is 3.32. The summed E-state index contributed by atoms with van der Waals surface area (Å²) in [6.07, 6.45) is 0. The van der Waals surface area contributed by atoms with Crippen LogP contribution in [-0.4, -0.2) is 30.3 Å². The molecule has 0 fully saturated rings. The van der Waals surface area contributed by atoms with Crippen LogP contribution in [0.1, 0.15) is 27.3 Å². The van der Waals surface area contributed by atoms with E-state index >= 15 is 0 Å². The van der Waals surface area contributed by atoms with Crippen LogP contribution < -0.4 is 16.2 Å². The van der Waals surface area contributed by atoms with Gasteiger partial charge in [0.1, 0.15) is 0 Å². The zero-order valence-electron chi connectivity index (χ0n) is 18.3. The Morgan fingerprint density at radius 2 is 1.91 bits per heavy atom. The molecule has 166 valence electrons. The van der Waals surface area contributed by atoms with Crippen LogP contribution in [0, 0.1) is 13.8 Å². The first-order valence-corrected chi connectivity index (χ1v) is 11.2. The highest BCUT2D eigenvalue weighted by Crippen LogP contribution is 2.23. The number of nitrogens with one attached hydrogen (secondary N) is 2. The highest BCUT2D eigenvalue weighted by molar-refractivity contribution is 7.20. The fourth-order valence-corrected chi connectivity index (χ4v) is 4.53. The highest BCUT2D eigenvalue weighted by atomic mass is 32.1. The van der Waals surface area contributed by atoms with E-state index in [4.69, 9.17) is 0 Å². The maximum atomic E-state index is 12.7. The van der Waals surface area contributed by atoms with Crippen LogP contribution >= 0.6 is 11.3 Å². The summed E-state index contributed by atoms with van der Waals surface area (Å²) in [5.41, 5.74) is 4.56. The van der Waals surface area contributed by atoms with Crippen molar-refractivity contribution in [3.05, 3.63) is 81.4 Å². The summed E-state index contributed by atoms with van der Waals surface area (Å²) in [6.45, 7) is 4.31. The Kier molecular flexibility index (Phi) is 5.14. The molecular formula is C23H21N7O2S. The third-order valence-electron chi connectivity index (χ3n) is 5.56. The molecule has 0 aliphatic carbocycles. The Labute approximate surface area is 192 Å². The molecule has 0 unspecified atom stereocenters.